The van der Waals surface area contributed by atoms with Crippen molar-refractivity contribution in [3.05, 3.63) is 29.3 Å². The zero-order valence-electron chi connectivity index (χ0n) is 12.8. The number of rotatable bonds is 2. The van der Waals surface area contributed by atoms with Crippen LogP contribution >= 0.6 is 0 Å². The van der Waals surface area contributed by atoms with E-state index in [2.05, 4.69) is 39.1 Å². The van der Waals surface area contributed by atoms with E-state index in [0.29, 0.717) is 0 Å². The Morgan fingerprint density at radius 2 is 1.90 bits per heavy atom. The van der Waals surface area contributed by atoms with Gasteiger partial charge in [-0.1, -0.05) is 33.8 Å². The van der Waals surface area contributed by atoms with E-state index in [-0.39, 0.29) is 28.7 Å². The van der Waals surface area contributed by atoms with Crippen LogP contribution in [0.4, 0.5) is 5.69 Å². The lowest BCUT2D eigenvalue weighted by Crippen LogP contribution is -2.30. The molecule has 0 radical (unpaired) electrons. The van der Waals surface area contributed by atoms with Gasteiger partial charge in [0, 0.05) is 11.6 Å². The molecular formula is C17H24N2O. The summed E-state index contributed by atoms with van der Waals surface area (Å²) in [4.78, 5) is 12.5. The molecular weight excluding hydrogens is 248 g/mol. The molecule has 20 heavy (non-hydrogen) atoms. The molecule has 1 aromatic rings. The minimum absolute atomic E-state index is 0.0969. The normalized spacial score (nSPS) is 26.1. The summed E-state index contributed by atoms with van der Waals surface area (Å²) in [6.45, 7) is 8.72. The molecule has 0 bridgehead atoms. The number of carbonyl (C=O) groups excluding carboxylic acids is 1. The van der Waals surface area contributed by atoms with E-state index in [9.17, 15) is 4.79 Å². The maximum Gasteiger partial charge on any atom is 0.224 e. The van der Waals surface area contributed by atoms with Crippen LogP contribution < -0.4 is 11.1 Å². The van der Waals surface area contributed by atoms with Crippen LogP contribution in [0.3, 0.4) is 0 Å². The lowest BCUT2D eigenvalue weighted by Gasteiger charge is -2.15. The van der Waals surface area contributed by atoms with Crippen LogP contribution in [0, 0.1) is 16.7 Å². The van der Waals surface area contributed by atoms with Crippen molar-refractivity contribution in [2.75, 3.05) is 5.73 Å². The molecule has 1 fully saturated rings. The van der Waals surface area contributed by atoms with Crippen molar-refractivity contribution >= 4 is 11.6 Å². The summed E-state index contributed by atoms with van der Waals surface area (Å²) >= 11 is 0. The minimum atomic E-state index is 0.0969. The van der Waals surface area contributed by atoms with Gasteiger partial charge < -0.3 is 11.1 Å². The van der Waals surface area contributed by atoms with Gasteiger partial charge in [0.15, 0.2) is 0 Å². The van der Waals surface area contributed by atoms with Gasteiger partial charge in [-0.05, 0) is 46.9 Å². The monoisotopic (exact) mass is 272 g/mol. The molecule has 0 saturated heterocycles. The van der Waals surface area contributed by atoms with Gasteiger partial charge >= 0.3 is 0 Å². The summed E-state index contributed by atoms with van der Waals surface area (Å²) in [5.74, 6) is 0.322. The average molecular weight is 272 g/mol. The third-order valence-electron chi connectivity index (χ3n) is 5.84. The second-order valence-corrected chi connectivity index (χ2v) is 7.43. The van der Waals surface area contributed by atoms with Gasteiger partial charge in [-0.15, -0.1) is 0 Å². The molecule has 1 unspecified atom stereocenters. The second-order valence-electron chi connectivity index (χ2n) is 7.43. The van der Waals surface area contributed by atoms with Gasteiger partial charge in [0.25, 0.3) is 0 Å². The first kappa shape index (κ1) is 13.5. The van der Waals surface area contributed by atoms with Crippen molar-refractivity contribution in [1.29, 1.82) is 0 Å². The maximum atomic E-state index is 12.5. The Bertz CT molecular complexity index is 560. The molecule has 1 amide bonds. The van der Waals surface area contributed by atoms with Gasteiger partial charge in [0.2, 0.25) is 5.91 Å². The van der Waals surface area contributed by atoms with E-state index < -0.39 is 0 Å². The average Bonchev–Trinajstić information content (AvgIpc) is 2.64. The van der Waals surface area contributed by atoms with E-state index >= 15 is 0 Å². The van der Waals surface area contributed by atoms with Crippen molar-refractivity contribution in [3.63, 3.8) is 0 Å². The zero-order chi connectivity index (χ0) is 14.7. The molecule has 0 spiro atoms. The Hall–Kier alpha value is -1.51. The second kappa shape index (κ2) is 4.00. The quantitative estimate of drug-likeness (QED) is 0.813. The van der Waals surface area contributed by atoms with E-state index in [1.165, 1.54) is 11.1 Å². The summed E-state index contributed by atoms with van der Waals surface area (Å²) < 4.78 is 0. The number of amides is 1. The lowest BCUT2D eigenvalue weighted by molar-refractivity contribution is -0.124. The number of hydrogen-bond donors (Lipinski definition) is 2. The van der Waals surface area contributed by atoms with Crippen molar-refractivity contribution in [3.8, 4) is 0 Å². The lowest BCUT2D eigenvalue weighted by atomic mass is 10.0. The Balaban J connectivity index is 1.74. The number of nitrogens with one attached hydrogen (secondary N) is 1. The molecule has 3 nitrogen and oxygen atoms in total. The first-order valence-electron chi connectivity index (χ1n) is 7.44. The number of aryl methyl sites for hydroxylation is 1. The third kappa shape index (κ3) is 1.75. The first-order valence-corrected chi connectivity index (χ1v) is 7.44. The van der Waals surface area contributed by atoms with Crippen LogP contribution in [-0.4, -0.2) is 5.91 Å². The van der Waals surface area contributed by atoms with Crippen LogP contribution in [0.5, 0.6) is 0 Å². The number of nitrogen functional groups attached to an aromatic ring is 1. The summed E-state index contributed by atoms with van der Waals surface area (Å²) in [7, 11) is 0. The molecule has 108 valence electrons. The molecule has 3 N–H and O–H groups in total. The molecule has 2 aliphatic rings. The number of fused-ring (bicyclic) bond motifs is 1. The van der Waals surface area contributed by atoms with E-state index in [4.69, 9.17) is 5.73 Å². The predicted octanol–water partition coefficient (Wildman–Crippen LogP) is 3.05. The number of carbonyl (C=O) groups is 1. The highest BCUT2D eigenvalue weighted by atomic mass is 16.2. The molecule has 3 heteroatoms. The van der Waals surface area contributed by atoms with Crippen LogP contribution in [0.2, 0.25) is 0 Å². The highest BCUT2D eigenvalue weighted by molar-refractivity contribution is 5.84. The summed E-state index contributed by atoms with van der Waals surface area (Å²) in [6, 6.07) is 6.18. The van der Waals surface area contributed by atoms with E-state index in [0.717, 1.165) is 18.5 Å². The van der Waals surface area contributed by atoms with Crippen LogP contribution in [0.25, 0.3) is 0 Å². The van der Waals surface area contributed by atoms with Gasteiger partial charge in [-0.3, -0.25) is 4.79 Å². The molecule has 0 heterocycles. The highest BCUT2D eigenvalue weighted by Crippen LogP contribution is 2.68. The van der Waals surface area contributed by atoms with Gasteiger partial charge in [0.05, 0.1) is 6.04 Å². The fraction of sp³-hybridized carbons (Fsp3) is 0.588. The van der Waals surface area contributed by atoms with Crippen molar-refractivity contribution in [2.24, 2.45) is 16.7 Å². The standard InChI is InChI=1S/C17H24N2O/c1-16(2)14(17(16,3)4)15(20)19-13-8-5-10-9-11(18)6-7-12(10)13/h6-7,9,13-14H,5,8,18H2,1-4H3,(H,19,20). The van der Waals surface area contributed by atoms with Crippen LogP contribution in [-0.2, 0) is 11.2 Å². The molecule has 3 rings (SSSR count). The van der Waals surface area contributed by atoms with E-state index in [1.54, 1.807) is 0 Å². The van der Waals surface area contributed by atoms with Crippen molar-refractivity contribution in [2.45, 2.75) is 46.6 Å². The first-order chi connectivity index (χ1) is 9.25. The van der Waals surface area contributed by atoms with Crippen LogP contribution in [0.15, 0.2) is 18.2 Å². The Labute approximate surface area is 120 Å². The SMILES string of the molecule is CC1(C)C(C(=O)NC2CCc3cc(N)ccc32)C1(C)C. The number of benzene rings is 1. The molecule has 1 saturated carbocycles. The molecule has 2 aliphatic carbocycles. The Morgan fingerprint density at radius 3 is 2.50 bits per heavy atom. The molecule has 0 aliphatic heterocycles. The van der Waals surface area contributed by atoms with Crippen molar-refractivity contribution < 1.29 is 4.79 Å². The maximum absolute atomic E-state index is 12.5. The highest BCUT2D eigenvalue weighted by Gasteiger charge is 2.68. The largest absolute Gasteiger partial charge is 0.399 e. The fourth-order valence-electron chi connectivity index (χ4n) is 3.89. The minimum Gasteiger partial charge on any atom is -0.399 e. The topological polar surface area (TPSA) is 55.1 Å². The Morgan fingerprint density at radius 1 is 1.25 bits per heavy atom. The number of anilines is 1. The molecule has 1 aromatic carbocycles. The summed E-state index contributed by atoms with van der Waals surface area (Å²) in [5, 5.41) is 3.25. The fourth-order valence-corrected chi connectivity index (χ4v) is 3.89. The smallest absolute Gasteiger partial charge is 0.224 e. The number of nitrogens with two attached hydrogens (primary N) is 1. The summed E-state index contributed by atoms with van der Waals surface area (Å²) in [6.07, 6.45) is 1.99. The van der Waals surface area contributed by atoms with Gasteiger partial charge in [-0.2, -0.15) is 0 Å². The number of hydrogen-bond acceptors (Lipinski definition) is 2. The molecule has 0 aromatic heterocycles. The zero-order valence-corrected chi connectivity index (χ0v) is 12.8. The van der Waals surface area contributed by atoms with Gasteiger partial charge in [0.1, 0.15) is 0 Å². The third-order valence-corrected chi connectivity index (χ3v) is 5.84. The Kier molecular flexibility index (Phi) is 2.69. The molecule has 1 atom stereocenters. The van der Waals surface area contributed by atoms with E-state index in [1.807, 2.05) is 12.1 Å². The predicted molar refractivity (Wildman–Crippen MR) is 81.1 cm³/mol. The summed E-state index contributed by atoms with van der Waals surface area (Å²) in [5.41, 5.74) is 9.34. The van der Waals surface area contributed by atoms with Crippen molar-refractivity contribution in [1.82, 2.24) is 5.32 Å². The van der Waals surface area contributed by atoms with Gasteiger partial charge in [-0.25, -0.2) is 0 Å². The van der Waals surface area contributed by atoms with Crippen LogP contribution in [0.1, 0.15) is 51.3 Å².